The lowest BCUT2D eigenvalue weighted by atomic mass is 10.2. The number of carbonyl (C=O) groups is 3. The van der Waals surface area contributed by atoms with Gasteiger partial charge < -0.3 is 15.4 Å². The van der Waals surface area contributed by atoms with Crippen molar-refractivity contribution in [1.29, 1.82) is 0 Å². The van der Waals surface area contributed by atoms with E-state index in [2.05, 4.69) is 26.6 Å². The zero-order chi connectivity index (χ0) is 15.9. The zero-order valence-electron chi connectivity index (χ0n) is 11.9. The average Bonchev–Trinajstić information content (AvgIpc) is 3.29. The summed E-state index contributed by atoms with van der Waals surface area (Å²) < 4.78 is 5.71. The van der Waals surface area contributed by atoms with Crippen LogP contribution in [-0.4, -0.2) is 37.0 Å². The quantitative estimate of drug-likeness (QED) is 0.712. The first-order valence-corrected chi connectivity index (χ1v) is 7.82. The maximum Gasteiger partial charge on any atom is 0.308 e. The summed E-state index contributed by atoms with van der Waals surface area (Å²) in [5, 5.41) is 5.34. The third kappa shape index (κ3) is 5.85. The molecule has 0 bridgehead atoms. The van der Waals surface area contributed by atoms with Gasteiger partial charge in [-0.3, -0.25) is 14.4 Å². The minimum absolute atomic E-state index is 0.0268. The molecule has 2 amide bonds. The Balaban J connectivity index is 1.60. The minimum atomic E-state index is -0.512. The van der Waals surface area contributed by atoms with Crippen LogP contribution in [0.5, 0.6) is 0 Å². The highest BCUT2D eigenvalue weighted by molar-refractivity contribution is 9.10. The minimum Gasteiger partial charge on any atom is -0.456 e. The Labute approximate surface area is 136 Å². The van der Waals surface area contributed by atoms with E-state index < -0.39 is 5.97 Å². The molecule has 1 aromatic rings. The van der Waals surface area contributed by atoms with E-state index in [1.54, 1.807) is 24.3 Å². The summed E-state index contributed by atoms with van der Waals surface area (Å²) in [6, 6.07) is 7.14. The third-order valence-electron chi connectivity index (χ3n) is 3.03. The first-order valence-electron chi connectivity index (χ1n) is 7.03. The summed E-state index contributed by atoms with van der Waals surface area (Å²) in [4.78, 5) is 34.6. The summed E-state index contributed by atoms with van der Waals surface area (Å²) in [7, 11) is 0. The summed E-state index contributed by atoms with van der Waals surface area (Å²) in [6.45, 7) is -0.103. The second kappa shape index (κ2) is 7.93. The van der Waals surface area contributed by atoms with Gasteiger partial charge in [-0.1, -0.05) is 15.9 Å². The van der Waals surface area contributed by atoms with Gasteiger partial charge in [0.15, 0.2) is 6.61 Å². The van der Waals surface area contributed by atoms with Gasteiger partial charge in [0.1, 0.15) is 0 Å². The number of ether oxygens (including phenoxy) is 1. The van der Waals surface area contributed by atoms with Crippen molar-refractivity contribution in [3.8, 4) is 0 Å². The second-order valence-electron chi connectivity index (χ2n) is 5.02. The molecule has 1 aromatic carbocycles. The summed E-state index contributed by atoms with van der Waals surface area (Å²) in [5.74, 6) is -1.05. The molecule has 22 heavy (non-hydrogen) atoms. The van der Waals surface area contributed by atoms with Gasteiger partial charge in [-0.15, -0.1) is 0 Å². The number of halogens is 1. The van der Waals surface area contributed by atoms with E-state index in [0.29, 0.717) is 5.56 Å². The van der Waals surface area contributed by atoms with Crippen LogP contribution in [0.1, 0.15) is 29.6 Å². The molecule has 2 rings (SSSR count). The predicted octanol–water partition coefficient (Wildman–Crippen LogP) is 1.39. The Morgan fingerprint density at radius 2 is 1.86 bits per heavy atom. The van der Waals surface area contributed by atoms with Crippen LogP contribution >= 0.6 is 15.9 Å². The van der Waals surface area contributed by atoms with E-state index in [1.807, 2.05) is 0 Å². The highest BCUT2D eigenvalue weighted by Gasteiger charge is 2.23. The number of rotatable bonds is 7. The van der Waals surface area contributed by atoms with Gasteiger partial charge in [0.05, 0.1) is 6.42 Å². The molecule has 0 aromatic heterocycles. The molecule has 0 heterocycles. The van der Waals surface area contributed by atoms with Crippen LogP contribution in [0.4, 0.5) is 0 Å². The van der Waals surface area contributed by atoms with Gasteiger partial charge >= 0.3 is 5.97 Å². The van der Waals surface area contributed by atoms with Crippen molar-refractivity contribution < 1.29 is 19.1 Å². The molecule has 0 radical (unpaired) electrons. The monoisotopic (exact) mass is 368 g/mol. The van der Waals surface area contributed by atoms with Gasteiger partial charge in [-0.05, 0) is 37.1 Å². The van der Waals surface area contributed by atoms with Crippen LogP contribution in [0, 0.1) is 0 Å². The number of nitrogens with one attached hydrogen (secondary N) is 2. The summed E-state index contributed by atoms with van der Waals surface area (Å²) >= 11 is 3.29. The molecule has 7 heteroatoms. The van der Waals surface area contributed by atoms with Crippen molar-refractivity contribution in [3.63, 3.8) is 0 Å². The first-order chi connectivity index (χ1) is 10.5. The van der Waals surface area contributed by atoms with Gasteiger partial charge in [-0.25, -0.2) is 0 Å². The molecule has 0 atom stereocenters. The van der Waals surface area contributed by atoms with Crippen LogP contribution < -0.4 is 10.6 Å². The van der Waals surface area contributed by atoms with Crippen LogP contribution in [0.25, 0.3) is 0 Å². The number of benzene rings is 1. The average molecular weight is 369 g/mol. The van der Waals surface area contributed by atoms with Crippen LogP contribution in [0.15, 0.2) is 28.7 Å². The van der Waals surface area contributed by atoms with E-state index in [0.717, 1.165) is 17.3 Å². The van der Waals surface area contributed by atoms with Gasteiger partial charge in [0, 0.05) is 22.6 Å². The molecule has 0 spiro atoms. The SMILES string of the molecule is O=C(COC(=O)CCNC(=O)c1ccc(Br)cc1)NC1CC1. The second-order valence-corrected chi connectivity index (χ2v) is 5.93. The first kappa shape index (κ1) is 16.5. The summed E-state index contributed by atoms with van der Waals surface area (Å²) in [5.41, 5.74) is 0.514. The lowest BCUT2D eigenvalue weighted by Gasteiger charge is -2.07. The van der Waals surface area contributed by atoms with E-state index in [4.69, 9.17) is 4.74 Å². The Morgan fingerprint density at radius 3 is 2.50 bits per heavy atom. The number of carbonyl (C=O) groups excluding carboxylic acids is 3. The third-order valence-corrected chi connectivity index (χ3v) is 3.56. The van der Waals surface area contributed by atoms with Crippen molar-refractivity contribution in [2.45, 2.75) is 25.3 Å². The molecular weight excluding hydrogens is 352 g/mol. The number of esters is 1. The number of hydrogen-bond donors (Lipinski definition) is 2. The van der Waals surface area contributed by atoms with Crippen LogP contribution in [-0.2, 0) is 14.3 Å². The maximum absolute atomic E-state index is 11.8. The molecule has 6 nitrogen and oxygen atoms in total. The number of hydrogen-bond acceptors (Lipinski definition) is 4. The molecule has 1 saturated carbocycles. The number of amides is 2. The van der Waals surface area contributed by atoms with E-state index in [1.165, 1.54) is 0 Å². The molecule has 0 aliphatic heterocycles. The van der Waals surface area contributed by atoms with Crippen molar-refractivity contribution in [3.05, 3.63) is 34.3 Å². The van der Waals surface area contributed by atoms with Crippen molar-refractivity contribution in [2.75, 3.05) is 13.2 Å². The molecular formula is C15H17BrN2O4. The van der Waals surface area contributed by atoms with Gasteiger partial charge in [-0.2, -0.15) is 0 Å². The lowest BCUT2D eigenvalue weighted by Crippen LogP contribution is -2.31. The molecule has 0 saturated heterocycles. The Morgan fingerprint density at radius 1 is 1.18 bits per heavy atom. The maximum atomic E-state index is 11.8. The molecule has 1 aliphatic rings. The van der Waals surface area contributed by atoms with E-state index in [-0.39, 0.29) is 37.4 Å². The molecule has 0 unspecified atom stereocenters. The van der Waals surface area contributed by atoms with Gasteiger partial charge in [0.25, 0.3) is 11.8 Å². The molecule has 1 fully saturated rings. The largest absolute Gasteiger partial charge is 0.456 e. The van der Waals surface area contributed by atoms with Gasteiger partial charge in [0.2, 0.25) is 0 Å². The standard InChI is InChI=1S/C15H17BrN2O4/c16-11-3-1-10(2-4-11)15(21)17-8-7-14(20)22-9-13(19)18-12-5-6-12/h1-4,12H,5-9H2,(H,17,21)(H,18,19). The Kier molecular flexibility index (Phi) is 5.94. The van der Waals surface area contributed by atoms with Crippen LogP contribution in [0.2, 0.25) is 0 Å². The highest BCUT2D eigenvalue weighted by Crippen LogP contribution is 2.18. The van der Waals surface area contributed by atoms with E-state index in [9.17, 15) is 14.4 Å². The predicted molar refractivity (Wildman–Crippen MR) is 83.2 cm³/mol. The fourth-order valence-corrected chi connectivity index (χ4v) is 1.96. The van der Waals surface area contributed by atoms with E-state index >= 15 is 0 Å². The summed E-state index contributed by atoms with van der Waals surface area (Å²) in [6.07, 6.45) is 2.00. The molecule has 118 valence electrons. The normalized spacial score (nSPS) is 13.3. The lowest BCUT2D eigenvalue weighted by molar-refractivity contribution is -0.148. The topological polar surface area (TPSA) is 84.5 Å². The highest BCUT2D eigenvalue weighted by atomic mass is 79.9. The Bertz CT molecular complexity index is 555. The van der Waals surface area contributed by atoms with Crippen molar-refractivity contribution in [1.82, 2.24) is 10.6 Å². The fraction of sp³-hybridized carbons (Fsp3) is 0.400. The molecule has 2 N–H and O–H groups in total. The van der Waals surface area contributed by atoms with Crippen molar-refractivity contribution >= 4 is 33.7 Å². The van der Waals surface area contributed by atoms with Crippen molar-refractivity contribution in [2.24, 2.45) is 0 Å². The smallest absolute Gasteiger partial charge is 0.308 e. The van der Waals surface area contributed by atoms with Crippen LogP contribution in [0.3, 0.4) is 0 Å². The molecule has 1 aliphatic carbocycles. The fourth-order valence-electron chi connectivity index (χ4n) is 1.70. The Hall–Kier alpha value is -1.89. The zero-order valence-corrected chi connectivity index (χ0v) is 13.5.